The summed E-state index contributed by atoms with van der Waals surface area (Å²) in [5.74, 6) is -2.18. The molecule has 0 spiro atoms. The summed E-state index contributed by atoms with van der Waals surface area (Å²) in [6.45, 7) is 0.778. The number of hydrogen-bond donors (Lipinski definition) is 2. The molecule has 0 heterocycles. The number of nitro benzene ring substituents is 1. The van der Waals surface area contributed by atoms with Gasteiger partial charge in [0.1, 0.15) is 0 Å². The van der Waals surface area contributed by atoms with Crippen LogP contribution in [0.2, 0.25) is 0 Å². The molecule has 0 aromatic heterocycles. The van der Waals surface area contributed by atoms with Crippen molar-refractivity contribution in [2.75, 3.05) is 13.7 Å². The van der Waals surface area contributed by atoms with Crippen molar-refractivity contribution in [3.05, 3.63) is 62.1 Å². The number of halogens is 1. The number of nitro groups is 1. The molecule has 2 N–H and O–H groups in total. The number of hydrogen-bond acceptors (Lipinski definition) is 8. The van der Waals surface area contributed by atoms with Crippen LogP contribution in [0, 0.1) is 10.1 Å². The van der Waals surface area contributed by atoms with Gasteiger partial charge in [-0.05, 0) is 40.2 Å². The molecule has 12 heteroatoms. The van der Waals surface area contributed by atoms with Crippen molar-refractivity contribution in [1.29, 1.82) is 0 Å². The van der Waals surface area contributed by atoms with Crippen LogP contribution in [0.15, 0.2) is 46.0 Å². The second-order valence-corrected chi connectivity index (χ2v) is 6.70. The van der Waals surface area contributed by atoms with Crippen molar-refractivity contribution in [2.45, 2.75) is 6.92 Å². The van der Waals surface area contributed by atoms with Crippen molar-refractivity contribution in [1.82, 2.24) is 10.7 Å². The van der Waals surface area contributed by atoms with E-state index in [9.17, 15) is 24.5 Å². The Bertz CT molecular complexity index is 1060. The molecule has 0 aliphatic carbocycles. The molecule has 2 amide bonds. The fourth-order valence-electron chi connectivity index (χ4n) is 2.41. The van der Waals surface area contributed by atoms with Crippen LogP contribution in [0.25, 0.3) is 0 Å². The molecule has 2 aromatic rings. The zero-order valence-corrected chi connectivity index (χ0v) is 18.0. The summed E-state index contributed by atoms with van der Waals surface area (Å²) in [7, 11) is 1.19. The van der Waals surface area contributed by atoms with Crippen LogP contribution in [0.4, 0.5) is 5.69 Å². The van der Waals surface area contributed by atoms with E-state index in [1.165, 1.54) is 19.2 Å². The van der Waals surface area contributed by atoms with Crippen molar-refractivity contribution in [3.63, 3.8) is 0 Å². The van der Waals surface area contributed by atoms with Gasteiger partial charge in [0.25, 0.3) is 11.8 Å². The Balaban J connectivity index is 2.07. The third-order valence-electron chi connectivity index (χ3n) is 3.69. The fourth-order valence-corrected chi connectivity index (χ4v) is 2.87. The van der Waals surface area contributed by atoms with Gasteiger partial charge in [-0.3, -0.25) is 24.5 Å². The molecule has 0 aliphatic rings. The summed E-state index contributed by atoms with van der Waals surface area (Å²) < 4.78 is 10.5. The van der Waals surface area contributed by atoms with Crippen LogP contribution in [0.3, 0.4) is 0 Å². The highest BCUT2D eigenvalue weighted by Crippen LogP contribution is 2.39. The molecule has 0 saturated carbocycles. The van der Waals surface area contributed by atoms with Gasteiger partial charge in [-0.2, -0.15) is 5.10 Å². The highest BCUT2D eigenvalue weighted by Gasteiger charge is 2.25. The molecule has 11 nitrogen and oxygen atoms in total. The Morgan fingerprint density at radius 1 is 1.23 bits per heavy atom. The Labute approximate surface area is 184 Å². The fraction of sp³-hybridized carbons (Fsp3) is 0.158. The first-order chi connectivity index (χ1) is 14.7. The smallest absolute Gasteiger partial charge is 0.323 e. The van der Waals surface area contributed by atoms with Crippen LogP contribution >= 0.6 is 15.9 Å². The molecule has 0 radical (unpaired) electrons. The molecular weight excluding hydrogens is 476 g/mol. The molecule has 162 valence electrons. The molecule has 0 aliphatic heterocycles. The molecular formula is C19H17BrN4O7. The van der Waals surface area contributed by atoms with Crippen LogP contribution in [-0.4, -0.2) is 42.6 Å². The van der Waals surface area contributed by atoms with Gasteiger partial charge in [-0.25, -0.2) is 5.43 Å². The first kappa shape index (κ1) is 23.5. The number of methoxy groups -OCH3 is 1. The van der Waals surface area contributed by atoms with Gasteiger partial charge in [-0.1, -0.05) is 12.1 Å². The molecule has 0 bridgehead atoms. The molecule has 0 atom stereocenters. The monoisotopic (exact) mass is 492 g/mol. The first-order valence-electron chi connectivity index (χ1n) is 8.63. The van der Waals surface area contributed by atoms with Crippen LogP contribution in [0.5, 0.6) is 11.5 Å². The van der Waals surface area contributed by atoms with Crippen molar-refractivity contribution in [3.8, 4) is 11.5 Å². The summed E-state index contributed by atoms with van der Waals surface area (Å²) in [6, 6.07) is 9.28. The molecule has 0 fully saturated rings. The summed E-state index contributed by atoms with van der Waals surface area (Å²) in [4.78, 5) is 45.9. The Hall–Kier alpha value is -3.80. The number of hydrazone groups is 1. The maximum atomic E-state index is 12.1. The third kappa shape index (κ3) is 6.34. The predicted octanol–water partition coefficient (Wildman–Crippen LogP) is 2.17. The van der Waals surface area contributed by atoms with Gasteiger partial charge in [0.2, 0.25) is 5.75 Å². The number of carbonyl (C=O) groups is 3. The first-order valence-corrected chi connectivity index (χ1v) is 9.42. The van der Waals surface area contributed by atoms with Gasteiger partial charge >= 0.3 is 11.7 Å². The normalized spacial score (nSPS) is 10.4. The van der Waals surface area contributed by atoms with Crippen molar-refractivity contribution >= 4 is 45.6 Å². The zero-order valence-electron chi connectivity index (χ0n) is 16.4. The summed E-state index contributed by atoms with van der Waals surface area (Å²) in [5, 5.41) is 17.6. The lowest BCUT2D eigenvalue weighted by Gasteiger charge is -2.09. The standard InChI is InChI=1S/C19H17BrN4O7/c1-11(25)31-15-8-7-12(17(24(28)29)18(15)30-2)9-22-23-16(26)10-21-19(27)13-5-3-4-6-14(13)20/h3-9H,10H2,1-2H3,(H,21,27)(H,23,26). The average molecular weight is 493 g/mol. The minimum atomic E-state index is -0.729. The van der Waals surface area contributed by atoms with Crippen LogP contribution in [-0.2, 0) is 9.59 Å². The van der Waals surface area contributed by atoms with E-state index in [4.69, 9.17) is 9.47 Å². The minimum Gasteiger partial charge on any atom is -0.488 e. The second kappa shape index (κ2) is 10.8. The van der Waals surface area contributed by atoms with Gasteiger partial charge in [-0.15, -0.1) is 0 Å². The van der Waals surface area contributed by atoms with E-state index in [0.717, 1.165) is 13.1 Å². The number of rotatable bonds is 8. The zero-order chi connectivity index (χ0) is 23.0. The van der Waals surface area contributed by atoms with Gasteiger partial charge in [0.05, 0.1) is 35.9 Å². The van der Waals surface area contributed by atoms with E-state index < -0.39 is 28.4 Å². The van der Waals surface area contributed by atoms with E-state index >= 15 is 0 Å². The summed E-state index contributed by atoms with van der Waals surface area (Å²) in [6.07, 6.45) is 1.03. The molecule has 31 heavy (non-hydrogen) atoms. The number of amides is 2. The maximum Gasteiger partial charge on any atom is 0.323 e. The number of carbonyl (C=O) groups excluding carboxylic acids is 3. The van der Waals surface area contributed by atoms with E-state index in [0.29, 0.717) is 10.0 Å². The largest absolute Gasteiger partial charge is 0.488 e. The average Bonchev–Trinajstić information content (AvgIpc) is 2.72. The summed E-state index contributed by atoms with van der Waals surface area (Å²) >= 11 is 3.24. The van der Waals surface area contributed by atoms with Crippen molar-refractivity contribution < 1.29 is 28.8 Å². The maximum absolute atomic E-state index is 12.1. The molecule has 0 unspecified atom stereocenters. The predicted molar refractivity (Wildman–Crippen MR) is 113 cm³/mol. The van der Waals surface area contributed by atoms with E-state index in [-0.39, 0.29) is 23.6 Å². The number of benzene rings is 2. The Kier molecular flexibility index (Phi) is 8.20. The number of ether oxygens (including phenoxy) is 2. The minimum absolute atomic E-state index is 0.00435. The highest BCUT2D eigenvalue weighted by molar-refractivity contribution is 9.10. The molecule has 2 aromatic carbocycles. The number of nitrogens with zero attached hydrogens (tertiary/aromatic N) is 2. The number of esters is 1. The SMILES string of the molecule is COc1c(OC(C)=O)ccc(C=NNC(=O)CNC(=O)c2ccccc2Br)c1[N+](=O)[O-]. The van der Waals surface area contributed by atoms with Crippen molar-refractivity contribution in [2.24, 2.45) is 5.10 Å². The molecule has 2 rings (SSSR count). The van der Waals surface area contributed by atoms with E-state index in [1.807, 2.05) is 0 Å². The van der Waals surface area contributed by atoms with Gasteiger partial charge < -0.3 is 14.8 Å². The van der Waals surface area contributed by atoms with Gasteiger partial charge in [0.15, 0.2) is 5.75 Å². The number of nitrogens with one attached hydrogen (secondary N) is 2. The second-order valence-electron chi connectivity index (χ2n) is 5.84. The lowest BCUT2D eigenvalue weighted by molar-refractivity contribution is -0.385. The van der Waals surface area contributed by atoms with E-state index in [2.05, 4.69) is 31.8 Å². The lowest BCUT2D eigenvalue weighted by atomic mass is 10.1. The molecule has 0 saturated heterocycles. The topological polar surface area (TPSA) is 149 Å². The third-order valence-corrected chi connectivity index (χ3v) is 4.38. The Morgan fingerprint density at radius 3 is 2.55 bits per heavy atom. The quantitative estimate of drug-likeness (QED) is 0.188. The van der Waals surface area contributed by atoms with Crippen LogP contribution < -0.4 is 20.2 Å². The van der Waals surface area contributed by atoms with Gasteiger partial charge in [0, 0.05) is 11.4 Å². The Morgan fingerprint density at radius 2 is 1.94 bits per heavy atom. The summed E-state index contributed by atoms with van der Waals surface area (Å²) in [5.41, 5.74) is 2.01. The van der Waals surface area contributed by atoms with E-state index in [1.54, 1.807) is 24.3 Å². The highest BCUT2D eigenvalue weighted by atomic mass is 79.9. The van der Waals surface area contributed by atoms with Crippen LogP contribution in [0.1, 0.15) is 22.8 Å². The lowest BCUT2D eigenvalue weighted by Crippen LogP contribution is -2.35.